The van der Waals surface area contributed by atoms with Crippen LogP contribution in [0.5, 0.6) is 0 Å². The Morgan fingerprint density at radius 3 is 3.00 bits per heavy atom. The molecule has 0 amide bonds. The zero-order valence-corrected chi connectivity index (χ0v) is 10.0. The van der Waals surface area contributed by atoms with E-state index < -0.39 is 0 Å². The third kappa shape index (κ3) is 1.58. The monoisotopic (exact) mass is 219 g/mol. The van der Waals surface area contributed by atoms with E-state index in [9.17, 15) is 0 Å². The second kappa shape index (κ2) is 3.59. The van der Waals surface area contributed by atoms with E-state index in [1.807, 2.05) is 12.4 Å². The maximum atomic E-state index is 6.57. The Morgan fingerprint density at radius 2 is 2.44 bits per heavy atom. The molecule has 0 radical (unpaired) electrons. The maximum Gasteiger partial charge on any atom is 0.108 e. The molecule has 3 heteroatoms. The second-order valence-corrected chi connectivity index (χ2v) is 5.77. The number of aryl methyl sites for hydroxylation is 2. The summed E-state index contributed by atoms with van der Waals surface area (Å²) >= 11 is 0. The minimum atomic E-state index is 0.120. The Bertz CT molecular complexity index is 384. The first kappa shape index (κ1) is 10.3. The lowest BCUT2D eigenvalue weighted by Crippen LogP contribution is -2.45. The predicted octanol–water partition coefficient (Wildman–Crippen LogP) is 1.87. The number of hydrogen-bond donors (Lipinski definition) is 1. The molecule has 3 nitrogen and oxygen atoms in total. The van der Waals surface area contributed by atoms with Crippen LogP contribution >= 0.6 is 0 Å². The topological polar surface area (TPSA) is 43.8 Å². The SMILES string of the molecule is Cn1ccnc1CCC1(N)CC2CCC1C2. The highest BCUT2D eigenvalue weighted by Crippen LogP contribution is 2.51. The fourth-order valence-electron chi connectivity index (χ4n) is 3.77. The van der Waals surface area contributed by atoms with Crippen LogP contribution in [0, 0.1) is 11.8 Å². The summed E-state index contributed by atoms with van der Waals surface area (Å²) in [5.74, 6) is 2.89. The lowest BCUT2D eigenvalue weighted by atomic mass is 9.78. The van der Waals surface area contributed by atoms with Crippen LogP contribution in [0.25, 0.3) is 0 Å². The van der Waals surface area contributed by atoms with Gasteiger partial charge in [0.2, 0.25) is 0 Å². The van der Waals surface area contributed by atoms with Gasteiger partial charge in [0.25, 0.3) is 0 Å². The van der Waals surface area contributed by atoms with Crippen molar-refractivity contribution in [2.75, 3.05) is 0 Å². The van der Waals surface area contributed by atoms with Crippen LogP contribution in [0.1, 0.15) is 37.9 Å². The van der Waals surface area contributed by atoms with Gasteiger partial charge < -0.3 is 10.3 Å². The van der Waals surface area contributed by atoms with Crippen molar-refractivity contribution in [3.8, 4) is 0 Å². The van der Waals surface area contributed by atoms with E-state index in [2.05, 4.69) is 16.6 Å². The Kier molecular flexibility index (Phi) is 2.32. The molecular weight excluding hydrogens is 198 g/mol. The van der Waals surface area contributed by atoms with Crippen molar-refractivity contribution in [2.24, 2.45) is 24.6 Å². The lowest BCUT2D eigenvalue weighted by molar-refractivity contribution is 0.252. The minimum Gasteiger partial charge on any atom is -0.338 e. The van der Waals surface area contributed by atoms with Crippen molar-refractivity contribution in [2.45, 2.75) is 44.1 Å². The molecule has 0 aromatic carbocycles. The summed E-state index contributed by atoms with van der Waals surface area (Å²) in [5, 5.41) is 0. The average Bonchev–Trinajstić information content (AvgIpc) is 2.91. The predicted molar refractivity (Wildman–Crippen MR) is 63.9 cm³/mol. The van der Waals surface area contributed by atoms with Gasteiger partial charge in [-0.1, -0.05) is 6.42 Å². The molecule has 2 N–H and O–H groups in total. The van der Waals surface area contributed by atoms with Crippen LogP contribution in [0.15, 0.2) is 12.4 Å². The molecule has 0 saturated heterocycles. The molecule has 2 bridgehead atoms. The highest BCUT2D eigenvalue weighted by atomic mass is 15.0. The van der Waals surface area contributed by atoms with Gasteiger partial charge in [-0.05, 0) is 37.5 Å². The smallest absolute Gasteiger partial charge is 0.108 e. The van der Waals surface area contributed by atoms with E-state index in [4.69, 9.17) is 5.73 Å². The van der Waals surface area contributed by atoms with E-state index in [1.165, 1.54) is 31.5 Å². The molecule has 2 saturated carbocycles. The molecule has 3 unspecified atom stereocenters. The molecule has 2 aliphatic carbocycles. The second-order valence-electron chi connectivity index (χ2n) is 5.77. The average molecular weight is 219 g/mol. The number of fused-ring (bicyclic) bond motifs is 2. The Balaban J connectivity index is 1.65. The van der Waals surface area contributed by atoms with E-state index in [0.29, 0.717) is 0 Å². The molecule has 3 rings (SSSR count). The molecule has 2 fully saturated rings. The van der Waals surface area contributed by atoms with Crippen LogP contribution in [-0.2, 0) is 13.5 Å². The molecule has 0 aliphatic heterocycles. The maximum absolute atomic E-state index is 6.57. The highest BCUT2D eigenvalue weighted by Gasteiger charge is 2.47. The Labute approximate surface area is 97.0 Å². The summed E-state index contributed by atoms with van der Waals surface area (Å²) in [6, 6.07) is 0. The number of aromatic nitrogens is 2. The van der Waals surface area contributed by atoms with Crippen LogP contribution in [0.4, 0.5) is 0 Å². The van der Waals surface area contributed by atoms with Crippen LogP contribution in [0.2, 0.25) is 0 Å². The van der Waals surface area contributed by atoms with Crippen molar-refractivity contribution in [1.82, 2.24) is 9.55 Å². The van der Waals surface area contributed by atoms with Crippen molar-refractivity contribution in [1.29, 1.82) is 0 Å². The van der Waals surface area contributed by atoms with Gasteiger partial charge in [0.05, 0.1) is 0 Å². The molecule has 1 heterocycles. The zero-order chi connectivity index (χ0) is 11.2. The van der Waals surface area contributed by atoms with Crippen molar-refractivity contribution < 1.29 is 0 Å². The summed E-state index contributed by atoms with van der Waals surface area (Å²) in [6.45, 7) is 0. The first-order valence-electron chi connectivity index (χ1n) is 6.42. The number of rotatable bonds is 3. The summed E-state index contributed by atoms with van der Waals surface area (Å²) in [5.41, 5.74) is 6.69. The van der Waals surface area contributed by atoms with Gasteiger partial charge in [-0.25, -0.2) is 4.98 Å². The largest absolute Gasteiger partial charge is 0.338 e. The lowest BCUT2D eigenvalue weighted by Gasteiger charge is -2.33. The van der Waals surface area contributed by atoms with E-state index in [1.54, 1.807) is 0 Å². The van der Waals surface area contributed by atoms with Gasteiger partial charge in [0.15, 0.2) is 0 Å². The molecule has 1 aromatic rings. The quantitative estimate of drug-likeness (QED) is 0.843. The summed E-state index contributed by atoms with van der Waals surface area (Å²) in [7, 11) is 2.06. The summed E-state index contributed by atoms with van der Waals surface area (Å²) in [6.07, 6.45) is 11.5. The summed E-state index contributed by atoms with van der Waals surface area (Å²) in [4.78, 5) is 4.38. The minimum absolute atomic E-state index is 0.120. The van der Waals surface area contributed by atoms with Gasteiger partial charge in [-0.15, -0.1) is 0 Å². The molecule has 88 valence electrons. The molecule has 3 atom stereocenters. The van der Waals surface area contributed by atoms with Gasteiger partial charge >= 0.3 is 0 Å². The van der Waals surface area contributed by atoms with E-state index in [-0.39, 0.29) is 5.54 Å². The fourth-order valence-corrected chi connectivity index (χ4v) is 3.77. The molecule has 2 aliphatic rings. The van der Waals surface area contributed by atoms with Gasteiger partial charge in [0.1, 0.15) is 5.82 Å². The van der Waals surface area contributed by atoms with Crippen molar-refractivity contribution in [3.05, 3.63) is 18.2 Å². The zero-order valence-electron chi connectivity index (χ0n) is 10.0. The van der Waals surface area contributed by atoms with Gasteiger partial charge in [-0.2, -0.15) is 0 Å². The van der Waals surface area contributed by atoms with E-state index >= 15 is 0 Å². The van der Waals surface area contributed by atoms with Crippen molar-refractivity contribution >= 4 is 0 Å². The number of nitrogens with two attached hydrogens (primary N) is 1. The standard InChI is InChI=1S/C13H21N3/c1-16-7-6-15-12(16)4-5-13(14)9-10-2-3-11(13)8-10/h6-7,10-11H,2-5,8-9,14H2,1H3. The molecule has 1 aromatic heterocycles. The van der Waals surface area contributed by atoms with Crippen LogP contribution in [0.3, 0.4) is 0 Å². The first-order valence-corrected chi connectivity index (χ1v) is 6.42. The summed E-state index contributed by atoms with van der Waals surface area (Å²) < 4.78 is 2.11. The first-order chi connectivity index (χ1) is 7.67. The Hall–Kier alpha value is -0.830. The number of imidazole rings is 1. The van der Waals surface area contributed by atoms with Crippen LogP contribution < -0.4 is 5.73 Å². The van der Waals surface area contributed by atoms with Gasteiger partial charge in [0, 0.05) is 31.4 Å². The Morgan fingerprint density at radius 1 is 1.56 bits per heavy atom. The highest BCUT2D eigenvalue weighted by molar-refractivity contribution is 5.06. The fraction of sp³-hybridized carbons (Fsp3) is 0.769. The number of hydrogen-bond acceptors (Lipinski definition) is 2. The normalized spacial score (nSPS) is 37.1. The molecule has 16 heavy (non-hydrogen) atoms. The molecule has 0 spiro atoms. The third-order valence-electron chi connectivity index (χ3n) is 4.76. The van der Waals surface area contributed by atoms with Crippen LogP contribution in [-0.4, -0.2) is 15.1 Å². The number of nitrogens with zero attached hydrogens (tertiary/aromatic N) is 2. The van der Waals surface area contributed by atoms with Gasteiger partial charge in [-0.3, -0.25) is 0 Å². The van der Waals surface area contributed by atoms with Crippen molar-refractivity contribution in [3.63, 3.8) is 0 Å². The molecular formula is C13H21N3. The van der Waals surface area contributed by atoms with E-state index in [0.717, 1.165) is 24.7 Å². The third-order valence-corrected chi connectivity index (χ3v) is 4.76.